The maximum absolute atomic E-state index is 12.9. The molecule has 0 heterocycles. The molecule has 0 bridgehead atoms. The number of alkyl halides is 3. The van der Waals surface area contributed by atoms with E-state index in [9.17, 15) is 18.0 Å². The van der Waals surface area contributed by atoms with Crippen molar-refractivity contribution in [1.29, 1.82) is 0 Å². The van der Waals surface area contributed by atoms with E-state index in [1.54, 1.807) is 6.92 Å². The number of esters is 1. The molecule has 0 amide bonds. The fourth-order valence-electron chi connectivity index (χ4n) is 1.75. The minimum atomic E-state index is -4.54. The molecule has 0 unspecified atom stereocenters. The van der Waals surface area contributed by atoms with Gasteiger partial charge in [-0.25, -0.2) is 4.79 Å². The van der Waals surface area contributed by atoms with Crippen molar-refractivity contribution in [3.05, 3.63) is 28.8 Å². The molecule has 4 nitrogen and oxygen atoms in total. The second-order valence-electron chi connectivity index (χ2n) is 4.03. The first-order valence-electron chi connectivity index (χ1n) is 5.96. The number of methoxy groups -OCH3 is 1. The van der Waals surface area contributed by atoms with E-state index in [-0.39, 0.29) is 29.8 Å². The van der Waals surface area contributed by atoms with E-state index in [1.807, 2.05) is 0 Å². The molecule has 0 fully saturated rings. The number of carbonyl (C=O) groups is 1. The Bertz CT molecular complexity index is 486. The zero-order chi connectivity index (χ0) is 15.3. The molecule has 0 spiro atoms. The van der Waals surface area contributed by atoms with Gasteiger partial charge in [0.25, 0.3) is 0 Å². The van der Waals surface area contributed by atoms with Crippen molar-refractivity contribution in [3.63, 3.8) is 0 Å². The third kappa shape index (κ3) is 3.86. The fourth-order valence-corrected chi connectivity index (χ4v) is 1.75. The van der Waals surface area contributed by atoms with Crippen molar-refractivity contribution in [2.75, 3.05) is 26.1 Å². The van der Waals surface area contributed by atoms with Crippen LogP contribution in [0.3, 0.4) is 0 Å². The van der Waals surface area contributed by atoms with Gasteiger partial charge in [-0.1, -0.05) is 0 Å². The second-order valence-corrected chi connectivity index (χ2v) is 4.03. The highest BCUT2D eigenvalue weighted by Gasteiger charge is 2.34. The number of carbonyl (C=O) groups excluding carboxylic acids is 1. The van der Waals surface area contributed by atoms with Crippen LogP contribution in [-0.4, -0.2) is 26.3 Å². The van der Waals surface area contributed by atoms with Crippen LogP contribution in [0.4, 0.5) is 18.9 Å². The van der Waals surface area contributed by atoms with Gasteiger partial charge in [-0.05, 0) is 31.0 Å². The van der Waals surface area contributed by atoms with Gasteiger partial charge in [0.05, 0.1) is 24.8 Å². The predicted molar refractivity (Wildman–Crippen MR) is 67.4 cm³/mol. The number of ether oxygens (including phenoxy) is 2. The molecule has 1 aromatic carbocycles. The molecular formula is C13H16F3NO3. The molecule has 20 heavy (non-hydrogen) atoms. The highest BCUT2D eigenvalue weighted by Crippen LogP contribution is 2.35. The van der Waals surface area contributed by atoms with Crippen LogP contribution in [0.1, 0.15) is 28.4 Å². The number of hydrogen-bond acceptors (Lipinski definition) is 4. The normalized spacial score (nSPS) is 11.4. The molecule has 2 N–H and O–H groups in total. The lowest BCUT2D eigenvalue weighted by atomic mass is 9.99. The number of rotatable bonds is 5. The molecule has 0 aliphatic rings. The topological polar surface area (TPSA) is 61.5 Å². The van der Waals surface area contributed by atoms with Crippen LogP contribution in [-0.2, 0) is 22.1 Å². The van der Waals surface area contributed by atoms with Gasteiger partial charge in [0.15, 0.2) is 0 Å². The van der Waals surface area contributed by atoms with E-state index >= 15 is 0 Å². The van der Waals surface area contributed by atoms with Gasteiger partial charge in [0.1, 0.15) is 0 Å². The largest absolute Gasteiger partial charge is 0.465 e. The van der Waals surface area contributed by atoms with E-state index < -0.39 is 17.7 Å². The summed E-state index contributed by atoms with van der Waals surface area (Å²) in [7, 11) is 1.14. The van der Waals surface area contributed by atoms with Gasteiger partial charge >= 0.3 is 12.1 Å². The standard InChI is InChI=1S/C13H16F3NO3/c1-3-20-5-4-8-6-9(12(18)19-2)11(17)7-10(8)13(14,15)16/h6-7H,3-5,17H2,1-2H3. The van der Waals surface area contributed by atoms with E-state index in [2.05, 4.69) is 4.74 Å². The lowest BCUT2D eigenvalue weighted by molar-refractivity contribution is -0.138. The Morgan fingerprint density at radius 1 is 1.35 bits per heavy atom. The van der Waals surface area contributed by atoms with Gasteiger partial charge in [-0.2, -0.15) is 13.2 Å². The van der Waals surface area contributed by atoms with Gasteiger partial charge in [0.2, 0.25) is 0 Å². The Kier molecular flexibility index (Phi) is 5.38. The van der Waals surface area contributed by atoms with Crippen LogP contribution in [0.15, 0.2) is 12.1 Å². The molecule has 0 atom stereocenters. The number of nitrogen functional groups attached to an aromatic ring is 1. The van der Waals surface area contributed by atoms with Gasteiger partial charge in [-0.15, -0.1) is 0 Å². The number of nitrogens with two attached hydrogens (primary N) is 1. The first-order chi connectivity index (χ1) is 9.31. The first-order valence-corrected chi connectivity index (χ1v) is 5.96. The van der Waals surface area contributed by atoms with Gasteiger partial charge < -0.3 is 15.2 Å². The SMILES string of the molecule is CCOCCc1cc(C(=O)OC)c(N)cc1C(F)(F)F. The first kappa shape index (κ1) is 16.3. The Morgan fingerprint density at radius 3 is 2.50 bits per heavy atom. The summed E-state index contributed by atoms with van der Waals surface area (Å²) in [4.78, 5) is 11.5. The highest BCUT2D eigenvalue weighted by molar-refractivity contribution is 5.95. The van der Waals surface area contributed by atoms with Crippen LogP contribution >= 0.6 is 0 Å². The Labute approximate surface area is 114 Å². The van der Waals surface area contributed by atoms with Crippen molar-refractivity contribution in [3.8, 4) is 0 Å². The monoisotopic (exact) mass is 291 g/mol. The number of hydrogen-bond donors (Lipinski definition) is 1. The minimum absolute atomic E-state index is 0.0347. The van der Waals surface area contributed by atoms with Crippen LogP contribution in [0.5, 0.6) is 0 Å². The third-order valence-corrected chi connectivity index (χ3v) is 2.71. The van der Waals surface area contributed by atoms with E-state index in [4.69, 9.17) is 10.5 Å². The molecule has 0 radical (unpaired) electrons. The van der Waals surface area contributed by atoms with E-state index in [0.29, 0.717) is 6.61 Å². The Morgan fingerprint density at radius 2 is 2.00 bits per heavy atom. The third-order valence-electron chi connectivity index (χ3n) is 2.71. The van der Waals surface area contributed by atoms with Gasteiger partial charge in [-0.3, -0.25) is 0 Å². The fraction of sp³-hybridized carbons (Fsp3) is 0.462. The summed E-state index contributed by atoms with van der Waals surface area (Å²) in [5.74, 6) is -0.770. The maximum atomic E-state index is 12.9. The smallest absolute Gasteiger partial charge is 0.416 e. The van der Waals surface area contributed by atoms with Crippen molar-refractivity contribution >= 4 is 11.7 Å². The highest BCUT2D eigenvalue weighted by atomic mass is 19.4. The molecule has 0 saturated heterocycles. The number of benzene rings is 1. The maximum Gasteiger partial charge on any atom is 0.416 e. The molecule has 0 saturated carbocycles. The quantitative estimate of drug-likeness (QED) is 0.514. The summed E-state index contributed by atoms with van der Waals surface area (Å²) in [6.45, 7) is 2.28. The summed E-state index contributed by atoms with van der Waals surface area (Å²) in [5.41, 5.74) is 4.25. The van der Waals surface area contributed by atoms with Crippen LogP contribution in [0.25, 0.3) is 0 Å². The van der Waals surface area contributed by atoms with E-state index in [0.717, 1.165) is 19.2 Å². The number of halogens is 3. The van der Waals surface area contributed by atoms with Crippen molar-refractivity contribution in [2.45, 2.75) is 19.5 Å². The van der Waals surface area contributed by atoms with Crippen LogP contribution < -0.4 is 5.73 Å². The van der Waals surface area contributed by atoms with Gasteiger partial charge in [0, 0.05) is 12.3 Å². The summed E-state index contributed by atoms with van der Waals surface area (Å²) in [6, 6.07) is 1.87. The Hall–Kier alpha value is -1.76. The van der Waals surface area contributed by atoms with E-state index in [1.165, 1.54) is 0 Å². The average molecular weight is 291 g/mol. The molecular weight excluding hydrogens is 275 g/mol. The van der Waals surface area contributed by atoms with Crippen molar-refractivity contribution in [1.82, 2.24) is 0 Å². The number of anilines is 1. The predicted octanol–water partition coefficient (Wildman–Crippen LogP) is 2.65. The summed E-state index contributed by atoms with van der Waals surface area (Å²) < 4.78 is 48.4. The molecule has 0 aliphatic carbocycles. The van der Waals surface area contributed by atoms with Crippen LogP contribution in [0, 0.1) is 0 Å². The lowest BCUT2D eigenvalue weighted by Crippen LogP contribution is -2.15. The average Bonchev–Trinajstić information content (AvgIpc) is 2.38. The molecule has 1 aromatic rings. The summed E-state index contributed by atoms with van der Waals surface area (Å²) >= 11 is 0. The molecule has 0 aliphatic heterocycles. The molecule has 0 aromatic heterocycles. The van der Waals surface area contributed by atoms with Crippen LogP contribution in [0.2, 0.25) is 0 Å². The summed E-state index contributed by atoms with van der Waals surface area (Å²) in [5, 5.41) is 0. The molecule has 112 valence electrons. The zero-order valence-corrected chi connectivity index (χ0v) is 11.2. The molecule has 7 heteroatoms. The summed E-state index contributed by atoms with van der Waals surface area (Å²) in [6.07, 6.45) is -4.50. The Balaban J connectivity index is 3.23. The van der Waals surface area contributed by atoms with Crippen molar-refractivity contribution in [2.24, 2.45) is 0 Å². The second kappa shape index (κ2) is 6.60. The lowest BCUT2D eigenvalue weighted by Gasteiger charge is -2.15. The minimum Gasteiger partial charge on any atom is -0.465 e. The van der Waals surface area contributed by atoms with Crippen molar-refractivity contribution < 1.29 is 27.4 Å². The zero-order valence-electron chi connectivity index (χ0n) is 11.2. The molecule has 1 rings (SSSR count).